The number of carbonyl (C=O) groups excluding carboxylic acids is 1. The Morgan fingerprint density at radius 2 is 1.62 bits per heavy atom. The summed E-state index contributed by atoms with van der Waals surface area (Å²) in [7, 11) is -4.13. The molecule has 4 rings (SSSR count). The van der Waals surface area contributed by atoms with Crippen molar-refractivity contribution in [3.63, 3.8) is 0 Å². The van der Waals surface area contributed by atoms with Gasteiger partial charge in [-0.05, 0) is 22.8 Å². The van der Waals surface area contributed by atoms with Gasteiger partial charge in [0.2, 0.25) is 0 Å². The van der Waals surface area contributed by atoms with Gasteiger partial charge >= 0.3 is 6.09 Å². The second-order valence-corrected chi connectivity index (χ2v) is 8.75. The fourth-order valence-electron chi connectivity index (χ4n) is 3.24. The van der Waals surface area contributed by atoms with Gasteiger partial charge in [0.05, 0.1) is 11.2 Å². The number of benzene rings is 3. The Balaban J connectivity index is 1.49. The number of hydrogen-bond acceptors (Lipinski definition) is 5. The van der Waals surface area contributed by atoms with E-state index in [0.717, 1.165) is 16.7 Å². The molecule has 162 valence electrons. The van der Waals surface area contributed by atoms with Gasteiger partial charge in [-0.1, -0.05) is 72.8 Å². The molecule has 0 spiro atoms. The molecule has 0 saturated carbocycles. The molecule has 7 nitrogen and oxygen atoms in total. The third-order valence-corrected chi connectivity index (χ3v) is 6.17. The molecule has 32 heavy (non-hydrogen) atoms. The smallest absolute Gasteiger partial charge is 0.421 e. The summed E-state index contributed by atoms with van der Waals surface area (Å²) in [6, 6.07) is 23.1. The van der Waals surface area contributed by atoms with E-state index in [0.29, 0.717) is 12.1 Å². The van der Waals surface area contributed by atoms with Gasteiger partial charge in [-0.15, -0.1) is 0 Å². The third kappa shape index (κ3) is 5.22. The fourth-order valence-corrected chi connectivity index (χ4v) is 4.36. The predicted octanol–water partition coefficient (Wildman–Crippen LogP) is 4.21. The van der Waals surface area contributed by atoms with Gasteiger partial charge in [0, 0.05) is 24.5 Å². The standard InChI is InChI=1S/C24H21N3O4S/c28-24(31-17-20-6-2-1-3-7-20)26-32(29,30)23-9-5-4-8-22(23)21-12-10-19(11-13-21)16-27-15-14-25-18-27/h1-15,18H,16-17H2,(H,26,28). The maximum Gasteiger partial charge on any atom is 0.421 e. The van der Waals surface area contributed by atoms with Crippen LogP contribution in [0.15, 0.2) is 102 Å². The van der Waals surface area contributed by atoms with Gasteiger partial charge in [-0.2, -0.15) is 0 Å². The summed E-state index contributed by atoms with van der Waals surface area (Å²) in [5.41, 5.74) is 3.02. The third-order valence-electron chi connectivity index (χ3n) is 4.80. The number of ether oxygens (including phenoxy) is 1. The highest BCUT2D eigenvalue weighted by molar-refractivity contribution is 7.90. The van der Waals surface area contributed by atoms with E-state index < -0.39 is 16.1 Å². The van der Waals surface area contributed by atoms with Crippen molar-refractivity contribution in [2.45, 2.75) is 18.0 Å². The van der Waals surface area contributed by atoms with Crippen LogP contribution in [0.25, 0.3) is 11.1 Å². The van der Waals surface area contributed by atoms with Crippen molar-refractivity contribution in [3.8, 4) is 11.1 Å². The Hall–Kier alpha value is -3.91. The highest BCUT2D eigenvalue weighted by atomic mass is 32.2. The van der Waals surface area contributed by atoms with Crippen LogP contribution in [0.3, 0.4) is 0 Å². The average molecular weight is 448 g/mol. The van der Waals surface area contributed by atoms with E-state index in [2.05, 4.69) is 4.98 Å². The zero-order chi connectivity index (χ0) is 22.4. The lowest BCUT2D eigenvalue weighted by atomic mass is 10.0. The molecule has 0 bridgehead atoms. The number of aromatic nitrogens is 2. The van der Waals surface area contributed by atoms with Crippen LogP contribution in [0.2, 0.25) is 0 Å². The van der Waals surface area contributed by atoms with Crippen LogP contribution in [0.1, 0.15) is 11.1 Å². The van der Waals surface area contributed by atoms with Crippen molar-refractivity contribution in [2.75, 3.05) is 0 Å². The first-order chi connectivity index (χ1) is 15.5. The first kappa shape index (κ1) is 21.3. The lowest BCUT2D eigenvalue weighted by Crippen LogP contribution is -2.31. The van der Waals surface area contributed by atoms with Crippen molar-refractivity contribution < 1.29 is 17.9 Å². The monoisotopic (exact) mass is 447 g/mol. The Bertz CT molecular complexity index is 1290. The molecule has 1 amide bonds. The number of hydrogen-bond donors (Lipinski definition) is 1. The fraction of sp³-hybridized carbons (Fsp3) is 0.0833. The van der Waals surface area contributed by atoms with Crippen LogP contribution in [0, 0.1) is 0 Å². The van der Waals surface area contributed by atoms with Gasteiger partial charge in [0.1, 0.15) is 6.61 Å². The zero-order valence-corrected chi connectivity index (χ0v) is 17.9. The summed E-state index contributed by atoms with van der Waals surface area (Å²) < 4.78 is 34.8. The second-order valence-electron chi connectivity index (χ2n) is 7.10. The number of carbonyl (C=O) groups is 1. The quantitative estimate of drug-likeness (QED) is 0.458. The van der Waals surface area contributed by atoms with Gasteiger partial charge in [-0.25, -0.2) is 22.9 Å². The van der Waals surface area contributed by atoms with Crippen LogP contribution >= 0.6 is 0 Å². The molecule has 8 heteroatoms. The van der Waals surface area contributed by atoms with E-state index >= 15 is 0 Å². The highest BCUT2D eigenvalue weighted by Crippen LogP contribution is 2.27. The lowest BCUT2D eigenvalue weighted by Gasteiger charge is -2.12. The van der Waals surface area contributed by atoms with E-state index in [9.17, 15) is 13.2 Å². The molecule has 0 saturated heterocycles. The second kappa shape index (κ2) is 9.49. The SMILES string of the molecule is O=C(NS(=O)(=O)c1ccccc1-c1ccc(Cn2ccnc2)cc1)OCc1ccccc1. The van der Waals surface area contributed by atoms with Crippen LogP contribution in [-0.2, 0) is 27.9 Å². The minimum Gasteiger partial charge on any atom is -0.444 e. The molecular weight excluding hydrogens is 426 g/mol. The van der Waals surface area contributed by atoms with E-state index in [1.807, 2.05) is 58.0 Å². The van der Waals surface area contributed by atoms with Crippen LogP contribution in [0.5, 0.6) is 0 Å². The van der Waals surface area contributed by atoms with Crippen molar-refractivity contribution in [3.05, 3.63) is 109 Å². The number of imidazole rings is 1. The van der Waals surface area contributed by atoms with Gasteiger partial charge in [0.25, 0.3) is 10.0 Å². The summed E-state index contributed by atoms with van der Waals surface area (Å²) >= 11 is 0. The Morgan fingerprint density at radius 1 is 0.906 bits per heavy atom. The van der Waals surface area contributed by atoms with Crippen LogP contribution < -0.4 is 4.72 Å². The first-order valence-corrected chi connectivity index (χ1v) is 11.4. The van der Waals surface area contributed by atoms with E-state index in [1.165, 1.54) is 6.07 Å². The minimum absolute atomic E-state index is 0.000907. The number of sulfonamides is 1. The number of amides is 1. The maximum atomic E-state index is 12.9. The highest BCUT2D eigenvalue weighted by Gasteiger charge is 2.22. The molecule has 0 aliphatic heterocycles. The molecule has 0 aliphatic rings. The molecule has 1 heterocycles. The van der Waals surface area contributed by atoms with Gasteiger partial charge in [-0.3, -0.25) is 0 Å². The van der Waals surface area contributed by atoms with Crippen molar-refractivity contribution in [1.29, 1.82) is 0 Å². The van der Waals surface area contributed by atoms with Crippen molar-refractivity contribution >= 4 is 16.1 Å². The summed E-state index contributed by atoms with van der Waals surface area (Å²) in [4.78, 5) is 16.2. The zero-order valence-electron chi connectivity index (χ0n) is 17.1. The summed E-state index contributed by atoms with van der Waals surface area (Å²) in [5, 5.41) is 0. The van der Waals surface area contributed by atoms with Crippen molar-refractivity contribution in [2.24, 2.45) is 0 Å². The molecule has 0 unspecified atom stereocenters. The molecule has 1 N–H and O–H groups in total. The Labute approximate surface area is 186 Å². The lowest BCUT2D eigenvalue weighted by molar-refractivity contribution is 0.146. The summed E-state index contributed by atoms with van der Waals surface area (Å²) in [6.45, 7) is 0.636. The van der Waals surface area contributed by atoms with E-state index in [4.69, 9.17) is 4.74 Å². The largest absolute Gasteiger partial charge is 0.444 e. The molecular formula is C24H21N3O4S. The summed E-state index contributed by atoms with van der Waals surface area (Å²) in [6.07, 6.45) is 4.30. The molecule has 0 atom stereocenters. The normalized spacial score (nSPS) is 11.1. The van der Waals surface area contributed by atoms with Crippen molar-refractivity contribution in [1.82, 2.24) is 14.3 Å². The predicted molar refractivity (Wildman–Crippen MR) is 120 cm³/mol. The summed E-state index contributed by atoms with van der Waals surface area (Å²) in [5.74, 6) is 0. The van der Waals surface area contributed by atoms with E-state index in [1.54, 1.807) is 42.9 Å². The van der Waals surface area contributed by atoms with Gasteiger partial charge < -0.3 is 9.30 Å². The molecule has 0 aliphatic carbocycles. The van der Waals surface area contributed by atoms with Crippen LogP contribution in [-0.4, -0.2) is 24.1 Å². The first-order valence-electron chi connectivity index (χ1n) is 9.89. The average Bonchev–Trinajstić information content (AvgIpc) is 3.32. The van der Waals surface area contributed by atoms with Gasteiger partial charge in [0.15, 0.2) is 0 Å². The van der Waals surface area contributed by atoms with E-state index in [-0.39, 0.29) is 11.5 Å². The Morgan fingerprint density at radius 3 is 2.34 bits per heavy atom. The minimum atomic E-state index is -4.13. The molecule has 3 aromatic carbocycles. The number of rotatable bonds is 7. The molecule has 1 aromatic heterocycles. The van der Waals surface area contributed by atoms with Crippen LogP contribution in [0.4, 0.5) is 4.79 Å². The molecule has 0 radical (unpaired) electrons. The molecule has 0 fully saturated rings. The number of nitrogens with zero attached hydrogens (tertiary/aromatic N) is 2. The molecule has 4 aromatic rings. The number of nitrogens with one attached hydrogen (secondary N) is 1. The maximum absolute atomic E-state index is 12.9. The Kier molecular flexibility index (Phi) is 6.32. The topological polar surface area (TPSA) is 90.3 Å².